The molecule has 1 aliphatic heterocycles. The van der Waals surface area contributed by atoms with Crippen LogP contribution in [0.15, 0.2) is 21.7 Å². The smallest absolute Gasteiger partial charge is 0.252 e. The standard InChI is InChI=1S/C19H30N2O3S2/c1-15(19(22)20-17-7-4-2-3-5-8-17)16-10-12-21(13-11-16)26(23,24)18-9-6-14-25-18/h6,9,14-17H,2-5,7-8,10-13H2,1H3,(H,20,22)/t15-/m1/s1. The van der Waals surface area contributed by atoms with Gasteiger partial charge in [0.25, 0.3) is 10.0 Å². The average Bonchev–Trinajstić information content (AvgIpc) is 3.08. The largest absolute Gasteiger partial charge is 0.353 e. The van der Waals surface area contributed by atoms with E-state index in [0.29, 0.717) is 23.3 Å². The highest BCUT2D eigenvalue weighted by Gasteiger charge is 2.34. The predicted octanol–water partition coefficient (Wildman–Crippen LogP) is 3.62. The normalized spacial score (nSPS) is 22.7. The van der Waals surface area contributed by atoms with Crippen LogP contribution in [0.1, 0.15) is 58.3 Å². The summed E-state index contributed by atoms with van der Waals surface area (Å²) in [5.41, 5.74) is 0. The van der Waals surface area contributed by atoms with Crippen molar-refractivity contribution in [2.24, 2.45) is 11.8 Å². The van der Waals surface area contributed by atoms with Crippen LogP contribution >= 0.6 is 11.3 Å². The van der Waals surface area contributed by atoms with Crippen molar-refractivity contribution in [2.45, 2.75) is 68.5 Å². The second-order valence-corrected chi connectivity index (χ2v) is 10.8. The first-order valence-corrected chi connectivity index (χ1v) is 12.1. The van der Waals surface area contributed by atoms with E-state index in [1.54, 1.807) is 21.8 Å². The van der Waals surface area contributed by atoms with Gasteiger partial charge in [0, 0.05) is 25.0 Å². The molecule has 0 spiro atoms. The minimum atomic E-state index is -3.36. The zero-order valence-electron chi connectivity index (χ0n) is 15.5. The van der Waals surface area contributed by atoms with E-state index in [9.17, 15) is 13.2 Å². The third-order valence-corrected chi connectivity index (χ3v) is 9.18. The van der Waals surface area contributed by atoms with Gasteiger partial charge in [-0.3, -0.25) is 4.79 Å². The number of thiophene rings is 1. The van der Waals surface area contributed by atoms with Gasteiger partial charge in [-0.15, -0.1) is 11.3 Å². The van der Waals surface area contributed by atoms with Crippen LogP contribution in [0.4, 0.5) is 0 Å². The molecule has 2 fully saturated rings. The monoisotopic (exact) mass is 398 g/mol. The van der Waals surface area contributed by atoms with Gasteiger partial charge in [-0.05, 0) is 43.0 Å². The Morgan fingerprint density at radius 1 is 1.15 bits per heavy atom. The van der Waals surface area contributed by atoms with Crippen molar-refractivity contribution in [3.8, 4) is 0 Å². The van der Waals surface area contributed by atoms with Crippen molar-refractivity contribution in [1.82, 2.24) is 9.62 Å². The Hall–Kier alpha value is -0.920. The molecule has 2 aliphatic rings. The van der Waals surface area contributed by atoms with E-state index >= 15 is 0 Å². The first kappa shape index (κ1) is 19.8. The lowest BCUT2D eigenvalue weighted by Crippen LogP contribution is -2.44. The van der Waals surface area contributed by atoms with Crippen LogP contribution in [0, 0.1) is 11.8 Å². The maximum Gasteiger partial charge on any atom is 0.252 e. The van der Waals surface area contributed by atoms with Crippen molar-refractivity contribution in [3.63, 3.8) is 0 Å². The van der Waals surface area contributed by atoms with E-state index in [2.05, 4.69) is 5.32 Å². The van der Waals surface area contributed by atoms with Gasteiger partial charge in [0.15, 0.2) is 0 Å². The molecule has 0 radical (unpaired) electrons. The molecule has 1 aliphatic carbocycles. The van der Waals surface area contributed by atoms with Gasteiger partial charge in [-0.2, -0.15) is 4.31 Å². The second-order valence-electron chi connectivity index (χ2n) is 7.66. The van der Waals surface area contributed by atoms with E-state index in [4.69, 9.17) is 0 Å². The highest BCUT2D eigenvalue weighted by Crippen LogP contribution is 2.30. The molecule has 2 heterocycles. The number of hydrogen-bond donors (Lipinski definition) is 1. The SMILES string of the molecule is C[C@@H](C(=O)NC1CCCCCC1)C1CCN(S(=O)(=O)c2cccs2)CC1. The Kier molecular flexibility index (Phi) is 6.75. The summed E-state index contributed by atoms with van der Waals surface area (Å²) in [7, 11) is -3.36. The highest BCUT2D eigenvalue weighted by molar-refractivity contribution is 7.91. The molecular formula is C19H30N2O3S2. The zero-order valence-corrected chi connectivity index (χ0v) is 17.2. The molecule has 1 saturated heterocycles. The summed E-state index contributed by atoms with van der Waals surface area (Å²) in [4.78, 5) is 12.6. The topological polar surface area (TPSA) is 66.5 Å². The van der Waals surface area contributed by atoms with Crippen LogP contribution in [-0.4, -0.2) is 37.8 Å². The lowest BCUT2D eigenvalue weighted by molar-refractivity contribution is -0.127. The number of nitrogens with one attached hydrogen (secondary N) is 1. The fourth-order valence-electron chi connectivity index (χ4n) is 4.12. The van der Waals surface area contributed by atoms with Crippen LogP contribution < -0.4 is 5.32 Å². The number of rotatable bonds is 5. The summed E-state index contributed by atoms with van der Waals surface area (Å²) >= 11 is 1.26. The van der Waals surface area contributed by atoms with Crippen LogP contribution in [-0.2, 0) is 14.8 Å². The Bertz CT molecular complexity index is 672. The Labute approximate surface area is 161 Å². The second kappa shape index (κ2) is 8.85. The van der Waals surface area contributed by atoms with Gasteiger partial charge in [-0.1, -0.05) is 38.7 Å². The highest BCUT2D eigenvalue weighted by atomic mass is 32.2. The van der Waals surface area contributed by atoms with Gasteiger partial charge in [0.1, 0.15) is 4.21 Å². The van der Waals surface area contributed by atoms with Crippen molar-refractivity contribution in [1.29, 1.82) is 0 Å². The zero-order chi connectivity index (χ0) is 18.6. The summed E-state index contributed by atoms with van der Waals surface area (Å²) in [6.45, 7) is 3.01. The van der Waals surface area contributed by atoms with Gasteiger partial charge in [-0.25, -0.2) is 8.42 Å². The molecule has 1 N–H and O–H groups in total. The molecule has 1 atom stereocenters. The van der Waals surface area contributed by atoms with Crippen molar-refractivity contribution >= 4 is 27.3 Å². The van der Waals surface area contributed by atoms with Crippen LogP contribution in [0.2, 0.25) is 0 Å². The third kappa shape index (κ3) is 4.67. The lowest BCUT2D eigenvalue weighted by Gasteiger charge is -2.34. The molecule has 1 aromatic rings. The van der Waals surface area contributed by atoms with Crippen LogP contribution in [0.3, 0.4) is 0 Å². The van der Waals surface area contributed by atoms with Crippen LogP contribution in [0.25, 0.3) is 0 Å². The predicted molar refractivity (Wildman–Crippen MR) is 105 cm³/mol. The maximum atomic E-state index is 12.6. The molecule has 1 amide bonds. The molecule has 7 heteroatoms. The number of carbonyl (C=O) groups is 1. The van der Waals surface area contributed by atoms with Gasteiger partial charge < -0.3 is 5.32 Å². The molecule has 5 nitrogen and oxygen atoms in total. The molecule has 0 unspecified atom stereocenters. The molecule has 3 rings (SSSR count). The van der Waals surface area contributed by atoms with Gasteiger partial charge in [0.2, 0.25) is 5.91 Å². The quantitative estimate of drug-likeness (QED) is 0.770. The summed E-state index contributed by atoms with van der Waals surface area (Å²) in [5, 5.41) is 5.04. The molecule has 0 bridgehead atoms. The Morgan fingerprint density at radius 2 is 1.81 bits per heavy atom. The van der Waals surface area contributed by atoms with Gasteiger partial charge in [0.05, 0.1) is 0 Å². The average molecular weight is 399 g/mol. The summed E-state index contributed by atoms with van der Waals surface area (Å²) in [5.74, 6) is 0.358. The number of piperidine rings is 1. The minimum absolute atomic E-state index is 0.0511. The van der Waals surface area contributed by atoms with Gasteiger partial charge >= 0.3 is 0 Å². The molecule has 1 aromatic heterocycles. The fourth-order valence-corrected chi connectivity index (χ4v) is 6.74. The number of amides is 1. The third-order valence-electron chi connectivity index (χ3n) is 5.91. The summed E-state index contributed by atoms with van der Waals surface area (Å²) in [6, 6.07) is 3.76. The molecular weight excluding hydrogens is 368 g/mol. The summed E-state index contributed by atoms with van der Waals surface area (Å²) < 4.78 is 27.2. The molecule has 1 saturated carbocycles. The van der Waals surface area contributed by atoms with E-state index in [-0.39, 0.29) is 17.7 Å². The molecule has 26 heavy (non-hydrogen) atoms. The van der Waals surface area contributed by atoms with Crippen molar-refractivity contribution < 1.29 is 13.2 Å². The van der Waals surface area contributed by atoms with E-state index in [0.717, 1.165) is 25.7 Å². The minimum Gasteiger partial charge on any atom is -0.353 e. The van der Waals surface area contributed by atoms with Crippen molar-refractivity contribution in [2.75, 3.05) is 13.1 Å². The molecule has 0 aromatic carbocycles. The first-order chi connectivity index (χ1) is 12.5. The van der Waals surface area contributed by atoms with E-state index < -0.39 is 10.0 Å². The Morgan fingerprint density at radius 3 is 2.38 bits per heavy atom. The van der Waals surface area contributed by atoms with Crippen molar-refractivity contribution in [3.05, 3.63) is 17.5 Å². The van der Waals surface area contributed by atoms with Crippen LogP contribution in [0.5, 0.6) is 0 Å². The summed E-state index contributed by atoms with van der Waals surface area (Å²) in [6.07, 6.45) is 8.66. The number of nitrogens with zero attached hydrogens (tertiary/aromatic N) is 1. The lowest BCUT2D eigenvalue weighted by atomic mass is 9.85. The number of sulfonamides is 1. The van der Waals surface area contributed by atoms with E-state index in [1.807, 2.05) is 6.92 Å². The van der Waals surface area contributed by atoms with E-state index in [1.165, 1.54) is 37.0 Å². The Balaban J connectivity index is 1.51. The number of hydrogen-bond acceptors (Lipinski definition) is 4. The maximum absolute atomic E-state index is 12.6. The number of carbonyl (C=O) groups excluding carboxylic acids is 1. The fraction of sp³-hybridized carbons (Fsp3) is 0.737. The molecule has 146 valence electrons. The first-order valence-electron chi connectivity index (χ1n) is 9.82.